The minimum atomic E-state index is -0.306. The van der Waals surface area contributed by atoms with Gasteiger partial charge in [-0.15, -0.1) is 0 Å². The minimum Gasteiger partial charge on any atom is -0.494 e. The van der Waals surface area contributed by atoms with E-state index in [0.717, 1.165) is 0 Å². The number of hydrogen-bond acceptors (Lipinski definition) is 1. The van der Waals surface area contributed by atoms with E-state index in [2.05, 4.69) is 24.8 Å². The third-order valence-electron chi connectivity index (χ3n) is 0. The Morgan fingerprint density at radius 2 is 1.80 bits per heavy atom. The van der Waals surface area contributed by atoms with Gasteiger partial charge in [0.1, 0.15) is 0 Å². The van der Waals surface area contributed by atoms with E-state index < -0.39 is 0 Å². The van der Waals surface area contributed by atoms with Gasteiger partial charge in [0.15, 0.2) is 0 Å². The molecule has 0 fully saturated rings. The zero-order valence-corrected chi connectivity index (χ0v) is 4.97. The molecule has 0 spiro atoms. The first-order valence-corrected chi connectivity index (χ1v) is 1.51. The second-order valence-corrected chi connectivity index (χ2v) is 1.40. The SMILES string of the molecule is OC(=S)S.[Fe]. The summed E-state index contributed by atoms with van der Waals surface area (Å²) in [6.07, 6.45) is 0. The van der Waals surface area contributed by atoms with Crippen LogP contribution in [-0.4, -0.2) is 9.49 Å². The van der Waals surface area contributed by atoms with E-state index in [1.54, 1.807) is 0 Å². The number of thiol groups is 1. The predicted octanol–water partition coefficient (Wildman–Crippen LogP) is 0.757. The third kappa shape index (κ3) is 62.8. The molecule has 0 amide bonds. The van der Waals surface area contributed by atoms with Crippen LogP contribution in [0.4, 0.5) is 0 Å². The van der Waals surface area contributed by atoms with Crippen molar-refractivity contribution in [1.29, 1.82) is 0 Å². The van der Waals surface area contributed by atoms with Crippen molar-refractivity contribution in [3.8, 4) is 0 Å². The van der Waals surface area contributed by atoms with Crippen molar-refractivity contribution in [1.82, 2.24) is 0 Å². The molecule has 32 valence electrons. The average Bonchev–Trinajstić information content (AvgIpc) is 0.811. The van der Waals surface area contributed by atoms with Crippen molar-refractivity contribution < 1.29 is 22.2 Å². The summed E-state index contributed by atoms with van der Waals surface area (Å²) in [6, 6.07) is 0. The summed E-state index contributed by atoms with van der Waals surface area (Å²) in [5, 5.41) is 7.65. The zero-order valence-electron chi connectivity index (χ0n) is 2.16. The summed E-state index contributed by atoms with van der Waals surface area (Å²) < 4.78 is -0.306. The molecule has 0 atom stereocenters. The summed E-state index contributed by atoms with van der Waals surface area (Å²) in [6.45, 7) is 0. The maximum absolute atomic E-state index is 7.65. The first-order valence-electron chi connectivity index (χ1n) is 0.651. The summed E-state index contributed by atoms with van der Waals surface area (Å²) in [5.74, 6) is 0. The van der Waals surface area contributed by atoms with E-state index in [0.29, 0.717) is 0 Å². The Kier molecular flexibility index (Phi) is 8.79. The Morgan fingerprint density at radius 3 is 1.80 bits per heavy atom. The van der Waals surface area contributed by atoms with Crippen molar-refractivity contribution in [2.24, 2.45) is 0 Å². The fourth-order valence-electron chi connectivity index (χ4n) is 0. The first-order chi connectivity index (χ1) is 1.73. The van der Waals surface area contributed by atoms with Crippen molar-refractivity contribution >= 4 is 29.2 Å². The molecule has 0 aliphatic rings. The van der Waals surface area contributed by atoms with Gasteiger partial charge in [0, 0.05) is 17.1 Å². The van der Waals surface area contributed by atoms with Gasteiger partial charge in [-0.1, -0.05) is 12.6 Å². The van der Waals surface area contributed by atoms with Crippen LogP contribution < -0.4 is 0 Å². The summed E-state index contributed by atoms with van der Waals surface area (Å²) in [5.41, 5.74) is 0. The van der Waals surface area contributed by atoms with Gasteiger partial charge in [-0.25, -0.2) is 0 Å². The van der Waals surface area contributed by atoms with E-state index in [4.69, 9.17) is 5.11 Å². The molecule has 0 aromatic rings. The molecule has 1 nitrogen and oxygen atoms in total. The van der Waals surface area contributed by atoms with Gasteiger partial charge in [-0.3, -0.25) is 0 Å². The van der Waals surface area contributed by atoms with Crippen LogP contribution >= 0.6 is 24.8 Å². The Balaban J connectivity index is 0. The molecule has 1 N–H and O–H groups in total. The fraction of sp³-hybridized carbons (Fsp3) is 0. The summed E-state index contributed by atoms with van der Waals surface area (Å²) in [7, 11) is 0. The van der Waals surface area contributed by atoms with Crippen LogP contribution in [0.2, 0.25) is 0 Å². The molecule has 0 rings (SSSR count). The number of thiocarbonyl (C=S) groups is 1. The maximum Gasteiger partial charge on any atom is 0.214 e. The van der Waals surface area contributed by atoms with Crippen molar-refractivity contribution in [2.75, 3.05) is 0 Å². The van der Waals surface area contributed by atoms with Crippen LogP contribution in [0, 0.1) is 0 Å². The standard InChI is InChI=1S/CH2OS2.Fe/c2-1(3)4;/h(H2,2,3,4);. The van der Waals surface area contributed by atoms with E-state index in [-0.39, 0.29) is 21.5 Å². The van der Waals surface area contributed by atoms with E-state index in [1.165, 1.54) is 0 Å². The largest absolute Gasteiger partial charge is 0.494 e. The smallest absolute Gasteiger partial charge is 0.214 e. The van der Waals surface area contributed by atoms with Gasteiger partial charge in [0.05, 0.1) is 0 Å². The van der Waals surface area contributed by atoms with Crippen LogP contribution in [-0.2, 0) is 17.1 Å². The normalized spacial score (nSPS) is 5.00. The fourth-order valence-corrected chi connectivity index (χ4v) is 0. The summed E-state index contributed by atoms with van der Waals surface area (Å²) in [4.78, 5) is 0. The minimum absolute atomic E-state index is 0. The van der Waals surface area contributed by atoms with Crippen molar-refractivity contribution in [3.05, 3.63) is 0 Å². The number of hydrogen-bond donors (Lipinski definition) is 2. The number of aliphatic hydroxyl groups excluding tert-OH is 1. The molecule has 0 aliphatic carbocycles. The van der Waals surface area contributed by atoms with Gasteiger partial charge in [0.25, 0.3) is 0 Å². The van der Waals surface area contributed by atoms with Gasteiger partial charge in [-0.05, 0) is 12.2 Å². The Hall–Kier alpha value is 0.759. The average molecular weight is 150 g/mol. The van der Waals surface area contributed by atoms with Gasteiger partial charge < -0.3 is 5.11 Å². The Bertz CT molecular complexity index is 32.6. The van der Waals surface area contributed by atoms with E-state index >= 15 is 0 Å². The van der Waals surface area contributed by atoms with Crippen LogP contribution in [0.25, 0.3) is 0 Å². The molecule has 0 aliphatic heterocycles. The molecule has 0 unspecified atom stereocenters. The Labute approximate surface area is 51.6 Å². The van der Waals surface area contributed by atoms with Gasteiger partial charge in [0.2, 0.25) is 4.38 Å². The predicted molar refractivity (Wildman–Crippen MR) is 24.2 cm³/mol. The van der Waals surface area contributed by atoms with Crippen LogP contribution in [0.1, 0.15) is 0 Å². The second-order valence-electron chi connectivity index (χ2n) is 0.283. The molecule has 0 radical (unpaired) electrons. The van der Waals surface area contributed by atoms with Crippen molar-refractivity contribution in [3.63, 3.8) is 0 Å². The second kappa shape index (κ2) is 4.76. The van der Waals surface area contributed by atoms with Crippen molar-refractivity contribution in [2.45, 2.75) is 0 Å². The number of rotatable bonds is 0. The topological polar surface area (TPSA) is 20.2 Å². The molecule has 0 saturated carbocycles. The van der Waals surface area contributed by atoms with Crippen LogP contribution in [0.15, 0.2) is 0 Å². The van der Waals surface area contributed by atoms with E-state index in [1.807, 2.05) is 0 Å². The maximum atomic E-state index is 7.65. The van der Waals surface area contributed by atoms with E-state index in [9.17, 15) is 0 Å². The quantitative estimate of drug-likeness (QED) is 0.302. The molecule has 4 heteroatoms. The van der Waals surface area contributed by atoms with Crippen LogP contribution in [0.5, 0.6) is 0 Å². The molecule has 0 heterocycles. The molecular weight excluding hydrogens is 148 g/mol. The molecule has 0 bridgehead atoms. The van der Waals surface area contributed by atoms with Gasteiger partial charge >= 0.3 is 0 Å². The Morgan fingerprint density at radius 1 is 1.80 bits per heavy atom. The van der Waals surface area contributed by atoms with Gasteiger partial charge in [-0.2, -0.15) is 0 Å². The number of aliphatic hydroxyl groups is 1. The van der Waals surface area contributed by atoms with Crippen LogP contribution in [0.3, 0.4) is 0 Å². The monoisotopic (exact) mass is 150 g/mol. The molecule has 5 heavy (non-hydrogen) atoms. The first kappa shape index (κ1) is 9.23. The molecule has 0 aromatic heterocycles. The molecular formula is CH2FeOS2. The molecule has 0 aromatic carbocycles. The molecule has 0 saturated heterocycles. The third-order valence-corrected chi connectivity index (χ3v) is 0. The zero-order chi connectivity index (χ0) is 3.58. The summed E-state index contributed by atoms with van der Waals surface area (Å²) >= 11 is 7.21.